The normalized spacial score (nSPS) is 12.4. The van der Waals surface area contributed by atoms with E-state index in [1.54, 1.807) is 0 Å². The van der Waals surface area contributed by atoms with Crippen molar-refractivity contribution in [2.75, 3.05) is 11.9 Å². The molecule has 31 heavy (non-hydrogen) atoms. The fourth-order valence-corrected chi connectivity index (χ4v) is 3.03. The van der Waals surface area contributed by atoms with Crippen LogP contribution >= 0.6 is 0 Å². The Morgan fingerprint density at radius 3 is 2.58 bits per heavy atom. The fourth-order valence-electron chi connectivity index (χ4n) is 3.03. The Bertz CT molecular complexity index is 1080. The molecule has 0 aliphatic rings. The number of rotatable bonds is 6. The Morgan fingerprint density at radius 1 is 1.13 bits per heavy atom. The maximum atomic E-state index is 12.1. The van der Waals surface area contributed by atoms with Gasteiger partial charge in [0.25, 0.3) is 0 Å². The number of ether oxygens (including phenoxy) is 1. The van der Waals surface area contributed by atoms with Crippen molar-refractivity contribution in [3.05, 3.63) is 42.5 Å². The Morgan fingerprint density at radius 2 is 1.87 bits per heavy atom. The van der Waals surface area contributed by atoms with Gasteiger partial charge in [0.15, 0.2) is 5.82 Å². The number of alkyl carbamates (subject to hydrolysis) is 1. The summed E-state index contributed by atoms with van der Waals surface area (Å²) >= 11 is 0. The molecule has 0 bridgehead atoms. The number of carbonyl (C=O) groups excluding carboxylic acids is 1. The van der Waals surface area contributed by atoms with Gasteiger partial charge in [-0.3, -0.25) is 0 Å². The zero-order valence-electron chi connectivity index (χ0n) is 18.1. The molecule has 8 nitrogen and oxygen atoms in total. The lowest BCUT2D eigenvalue weighted by Crippen LogP contribution is -2.42. The first-order chi connectivity index (χ1) is 14.7. The third kappa shape index (κ3) is 5.75. The summed E-state index contributed by atoms with van der Waals surface area (Å²) in [5, 5.41) is 27.0. The van der Waals surface area contributed by atoms with Crippen molar-refractivity contribution in [1.82, 2.24) is 15.3 Å². The molecule has 0 saturated carbocycles. The monoisotopic (exact) mass is 424 g/mol. The molecule has 0 unspecified atom stereocenters. The number of hydrogen-bond acceptors (Lipinski definition) is 7. The average Bonchev–Trinajstić information content (AvgIpc) is 2.71. The Hall–Kier alpha value is -3.55. The minimum absolute atomic E-state index is 0.00618. The summed E-state index contributed by atoms with van der Waals surface area (Å²) in [6.07, 6.45) is 0.217. The van der Waals surface area contributed by atoms with Gasteiger partial charge in [-0.2, -0.15) is 0 Å². The van der Waals surface area contributed by atoms with Crippen molar-refractivity contribution >= 4 is 22.8 Å². The Kier molecular flexibility index (Phi) is 6.48. The molecule has 0 fully saturated rings. The first-order valence-electron chi connectivity index (χ1n) is 10.2. The van der Waals surface area contributed by atoms with E-state index >= 15 is 0 Å². The van der Waals surface area contributed by atoms with Gasteiger partial charge in [-0.15, -0.1) is 0 Å². The van der Waals surface area contributed by atoms with Gasteiger partial charge in [-0.1, -0.05) is 19.1 Å². The summed E-state index contributed by atoms with van der Waals surface area (Å²) in [6, 6.07) is 11.5. The van der Waals surface area contributed by atoms with E-state index < -0.39 is 11.7 Å². The van der Waals surface area contributed by atoms with Crippen LogP contribution in [0.2, 0.25) is 0 Å². The maximum absolute atomic E-state index is 12.1. The molecular weight excluding hydrogens is 396 g/mol. The van der Waals surface area contributed by atoms with Gasteiger partial charge in [-0.25, -0.2) is 14.8 Å². The summed E-state index contributed by atoms with van der Waals surface area (Å²) in [5.41, 5.74) is 0.440. The molecule has 8 heteroatoms. The first-order valence-corrected chi connectivity index (χ1v) is 10.2. The number of nitrogens with zero attached hydrogens (tertiary/aromatic N) is 2. The molecule has 2 aromatic carbocycles. The van der Waals surface area contributed by atoms with E-state index in [1.807, 2.05) is 52.0 Å². The number of nitrogens with one attached hydrogen (secondary N) is 2. The predicted octanol–water partition coefficient (Wildman–Crippen LogP) is 4.42. The number of phenolic OH excluding ortho intramolecular Hbond substituents is 2. The van der Waals surface area contributed by atoms with Crippen LogP contribution in [0.3, 0.4) is 0 Å². The zero-order valence-corrected chi connectivity index (χ0v) is 18.1. The van der Waals surface area contributed by atoms with Crippen LogP contribution in [0.5, 0.6) is 11.5 Å². The number of carbonyl (C=O) groups is 1. The molecule has 0 saturated heterocycles. The molecule has 1 aromatic heterocycles. The number of amides is 1. The smallest absolute Gasteiger partial charge is 0.407 e. The largest absolute Gasteiger partial charge is 0.508 e. The number of phenols is 2. The minimum Gasteiger partial charge on any atom is -0.508 e. The summed E-state index contributed by atoms with van der Waals surface area (Å²) in [5.74, 6) is 0.819. The standard InChI is InChI=1S/C23H28N4O4/c1-5-14(25-22(30)31-23(2,3)4)13-24-20-16-8-6-7-9-18(16)26-21(27-20)17-12-15(28)10-11-19(17)29/h6-12,14,28-29H,5,13H2,1-4H3,(H,25,30)(H,24,26,27)/t14-/m1/s1. The molecule has 0 aliphatic heterocycles. The molecule has 1 atom stereocenters. The maximum Gasteiger partial charge on any atom is 0.407 e. The second-order valence-electron chi connectivity index (χ2n) is 8.25. The highest BCUT2D eigenvalue weighted by Gasteiger charge is 2.19. The molecule has 3 aromatic rings. The van der Waals surface area contributed by atoms with Gasteiger partial charge in [0.2, 0.25) is 0 Å². The number of aromatic hydroxyl groups is 2. The van der Waals surface area contributed by atoms with E-state index in [4.69, 9.17) is 4.74 Å². The van der Waals surface area contributed by atoms with Crippen molar-refractivity contribution in [2.45, 2.75) is 45.8 Å². The van der Waals surface area contributed by atoms with Crippen molar-refractivity contribution in [3.63, 3.8) is 0 Å². The first kappa shape index (κ1) is 22.1. The van der Waals surface area contributed by atoms with E-state index in [0.29, 0.717) is 29.9 Å². The van der Waals surface area contributed by atoms with Crippen LogP contribution in [-0.2, 0) is 4.74 Å². The lowest BCUT2D eigenvalue weighted by molar-refractivity contribution is 0.0506. The van der Waals surface area contributed by atoms with Crippen molar-refractivity contribution in [3.8, 4) is 22.9 Å². The quantitative estimate of drug-likeness (QED) is 0.433. The fraction of sp³-hybridized carbons (Fsp3) is 0.348. The second-order valence-corrected chi connectivity index (χ2v) is 8.25. The molecule has 3 rings (SSSR count). The van der Waals surface area contributed by atoms with Crippen LogP contribution in [0.4, 0.5) is 10.6 Å². The molecule has 1 heterocycles. The van der Waals surface area contributed by atoms with E-state index in [2.05, 4.69) is 20.6 Å². The molecule has 0 aliphatic carbocycles. The van der Waals surface area contributed by atoms with Crippen LogP contribution in [-0.4, -0.2) is 44.5 Å². The summed E-state index contributed by atoms with van der Waals surface area (Å²) in [7, 11) is 0. The minimum atomic E-state index is -0.573. The highest BCUT2D eigenvalue weighted by atomic mass is 16.6. The number of anilines is 1. The average molecular weight is 425 g/mol. The topological polar surface area (TPSA) is 117 Å². The highest BCUT2D eigenvalue weighted by molar-refractivity contribution is 5.91. The van der Waals surface area contributed by atoms with Gasteiger partial charge in [-0.05, 0) is 57.5 Å². The molecule has 4 N–H and O–H groups in total. The molecule has 0 spiro atoms. The molecule has 164 valence electrons. The third-order valence-electron chi connectivity index (χ3n) is 4.55. The van der Waals surface area contributed by atoms with Crippen LogP contribution < -0.4 is 10.6 Å². The Balaban J connectivity index is 1.87. The van der Waals surface area contributed by atoms with Crippen molar-refractivity contribution in [1.29, 1.82) is 0 Å². The van der Waals surface area contributed by atoms with Gasteiger partial charge >= 0.3 is 6.09 Å². The number of fused-ring (bicyclic) bond motifs is 1. The molecule has 0 radical (unpaired) electrons. The van der Waals surface area contributed by atoms with E-state index in [0.717, 1.165) is 5.39 Å². The lowest BCUT2D eigenvalue weighted by Gasteiger charge is -2.23. The zero-order chi connectivity index (χ0) is 22.6. The summed E-state index contributed by atoms with van der Waals surface area (Å²) in [6.45, 7) is 7.84. The highest BCUT2D eigenvalue weighted by Crippen LogP contribution is 2.32. The predicted molar refractivity (Wildman–Crippen MR) is 120 cm³/mol. The lowest BCUT2D eigenvalue weighted by atomic mass is 10.1. The SMILES string of the molecule is CC[C@H](CNc1nc(-c2cc(O)ccc2O)nc2ccccc12)NC(=O)OC(C)(C)C. The van der Waals surface area contributed by atoms with Crippen molar-refractivity contribution < 1.29 is 19.7 Å². The van der Waals surface area contributed by atoms with Crippen LogP contribution in [0.1, 0.15) is 34.1 Å². The van der Waals surface area contributed by atoms with Gasteiger partial charge in [0.1, 0.15) is 22.9 Å². The van der Waals surface area contributed by atoms with Gasteiger partial charge < -0.3 is 25.6 Å². The molecule has 1 amide bonds. The summed E-state index contributed by atoms with van der Waals surface area (Å²) in [4.78, 5) is 21.2. The molecular formula is C23H28N4O4. The number of para-hydroxylation sites is 1. The number of aromatic nitrogens is 2. The van der Waals surface area contributed by atoms with Crippen LogP contribution in [0, 0.1) is 0 Å². The Labute approximate surface area is 181 Å². The van der Waals surface area contributed by atoms with Gasteiger partial charge in [0.05, 0.1) is 11.1 Å². The summed E-state index contributed by atoms with van der Waals surface area (Å²) < 4.78 is 5.34. The second kappa shape index (κ2) is 9.07. The number of hydrogen-bond donors (Lipinski definition) is 4. The van der Waals surface area contributed by atoms with E-state index in [-0.39, 0.29) is 23.4 Å². The van der Waals surface area contributed by atoms with E-state index in [1.165, 1.54) is 18.2 Å². The van der Waals surface area contributed by atoms with Crippen molar-refractivity contribution in [2.24, 2.45) is 0 Å². The van der Waals surface area contributed by atoms with Gasteiger partial charge in [0, 0.05) is 18.0 Å². The number of benzene rings is 2. The van der Waals surface area contributed by atoms with Crippen LogP contribution in [0.25, 0.3) is 22.3 Å². The van der Waals surface area contributed by atoms with Crippen LogP contribution in [0.15, 0.2) is 42.5 Å². The van der Waals surface area contributed by atoms with E-state index in [9.17, 15) is 15.0 Å². The third-order valence-corrected chi connectivity index (χ3v) is 4.55.